The number of amides is 1. The number of hydrogen-bond acceptors (Lipinski definition) is 3. The van der Waals surface area contributed by atoms with Gasteiger partial charge in [0, 0.05) is 25.0 Å². The number of likely N-dealkylation sites (tertiary alicyclic amines) is 1. The Morgan fingerprint density at radius 3 is 2.57 bits per heavy atom. The summed E-state index contributed by atoms with van der Waals surface area (Å²) in [4.78, 5) is 14.7. The molecule has 2 atom stereocenters. The third kappa shape index (κ3) is 3.22. The molecule has 1 aliphatic heterocycles. The van der Waals surface area contributed by atoms with Gasteiger partial charge in [-0.05, 0) is 24.6 Å². The highest BCUT2D eigenvalue weighted by molar-refractivity contribution is 5.97. The topological polar surface area (TPSA) is 55.6 Å². The second kappa shape index (κ2) is 6.84. The largest absolute Gasteiger partial charge is 0.493 e. The molecule has 1 aliphatic rings. The first kappa shape index (κ1) is 15.6. The average Bonchev–Trinajstić information content (AvgIpc) is 2.98. The van der Waals surface area contributed by atoms with Crippen LogP contribution in [0.2, 0.25) is 0 Å². The Labute approximate surface area is 136 Å². The highest BCUT2D eigenvalue weighted by Gasteiger charge is 2.34. The minimum Gasteiger partial charge on any atom is -0.493 e. The van der Waals surface area contributed by atoms with Crippen molar-refractivity contribution in [3.63, 3.8) is 0 Å². The maximum atomic E-state index is 12.9. The molecule has 23 heavy (non-hydrogen) atoms. The normalized spacial score (nSPS) is 20.5. The van der Waals surface area contributed by atoms with Gasteiger partial charge in [-0.3, -0.25) is 4.79 Å². The van der Waals surface area contributed by atoms with Crippen LogP contribution in [0.4, 0.5) is 0 Å². The van der Waals surface area contributed by atoms with Crippen LogP contribution in [0, 0.1) is 0 Å². The summed E-state index contributed by atoms with van der Waals surface area (Å²) in [6.07, 6.45) is 0. The van der Waals surface area contributed by atoms with Crippen molar-refractivity contribution in [3.05, 3.63) is 65.7 Å². The van der Waals surface area contributed by atoms with Crippen LogP contribution < -0.4 is 10.5 Å². The molecule has 1 saturated heterocycles. The van der Waals surface area contributed by atoms with Crippen molar-refractivity contribution in [2.45, 2.75) is 18.9 Å². The first-order valence-corrected chi connectivity index (χ1v) is 8.02. The zero-order valence-corrected chi connectivity index (χ0v) is 13.3. The number of rotatable bonds is 4. The number of para-hydroxylation sites is 1. The Hall–Kier alpha value is -2.33. The Balaban J connectivity index is 1.80. The molecule has 0 unspecified atom stereocenters. The third-order valence-corrected chi connectivity index (χ3v) is 4.30. The predicted octanol–water partition coefficient (Wildman–Crippen LogP) is 2.65. The molecule has 120 valence electrons. The molecule has 2 aromatic carbocycles. The highest BCUT2D eigenvalue weighted by atomic mass is 16.5. The first-order chi connectivity index (χ1) is 11.2. The highest BCUT2D eigenvalue weighted by Crippen LogP contribution is 2.29. The van der Waals surface area contributed by atoms with Gasteiger partial charge >= 0.3 is 0 Å². The van der Waals surface area contributed by atoms with E-state index in [1.165, 1.54) is 5.56 Å². The number of carbonyl (C=O) groups is 1. The SMILES string of the molecule is CCOc1ccccc1C(=O)N1C[C@@H](N)[C@H](c2ccccc2)C1. The summed E-state index contributed by atoms with van der Waals surface area (Å²) >= 11 is 0. The summed E-state index contributed by atoms with van der Waals surface area (Å²) in [5.74, 6) is 0.805. The molecular formula is C19H22N2O2. The van der Waals surface area contributed by atoms with Crippen LogP contribution in [0.25, 0.3) is 0 Å². The van der Waals surface area contributed by atoms with Gasteiger partial charge < -0.3 is 15.4 Å². The Morgan fingerprint density at radius 2 is 1.83 bits per heavy atom. The van der Waals surface area contributed by atoms with Crippen LogP contribution in [-0.2, 0) is 0 Å². The van der Waals surface area contributed by atoms with Crippen molar-refractivity contribution >= 4 is 5.91 Å². The van der Waals surface area contributed by atoms with Gasteiger partial charge in [0.05, 0.1) is 12.2 Å². The van der Waals surface area contributed by atoms with Gasteiger partial charge in [-0.25, -0.2) is 0 Å². The minimum absolute atomic E-state index is 0.0112. The molecule has 1 fully saturated rings. The Morgan fingerprint density at radius 1 is 1.13 bits per heavy atom. The quantitative estimate of drug-likeness (QED) is 0.944. The number of benzene rings is 2. The van der Waals surface area contributed by atoms with Gasteiger partial charge in [0.25, 0.3) is 5.91 Å². The standard InChI is InChI=1S/C19H22N2O2/c1-2-23-18-11-7-6-10-15(18)19(22)21-12-16(17(20)13-21)14-8-4-3-5-9-14/h3-11,16-17H,2,12-13,20H2,1H3/t16-,17+/m0/s1. The van der Waals surface area contributed by atoms with Gasteiger partial charge in [0.1, 0.15) is 5.75 Å². The molecule has 4 nitrogen and oxygen atoms in total. The van der Waals surface area contributed by atoms with E-state index < -0.39 is 0 Å². The molecule has 0 aromatic heterocycles. The van der Waals surface area contributed by atoms with E-state index in [2.05, 4.69) is 12.1 Å². The molecule has 0 radical (unpaired) electrons. The minimum atomic E-state index is -0.0411. The zero-order valence-electron chi connectivity index (χ0n) is 13.3. The fourth-order valence-electron chi connectivity index (χ4n) is 3.14. The second-order valence-electron chi connectivity index (χ2n) is 5.82. The van der Waals surface area contributed by atoms with Crippen LogP contribution in [0.15, 0.2) is 54.6 Å². The molecule has 0 saturated carbocycles. The molecule has 1 amide bonds. The summed E-state index contributed by atoms with van der Waals surface area (Å²) in [5, 5.41) is 0. The summed E-state index contributed by atoms with van der Waals surface area (Å²) in [5.41, 5.74) is 8.08. The monoisotopic (exact) mass is 310 g/mol. The number of nitrogens with two attached hydrogens (primary N) is 1. The van der Waals surface area contributed by atoms with E-state index in [4.69, 9.17) is 10.5 Å². The predicted molar refractivity (Wildman–Crippen MR) is 90.7 cm³/mol. The molecule has 0 aliphatic carbocycles. The van der Waals surface area contributed by atoms with Gasteiger partial charge in [0.2, 0.25) is 0 Å². The fourth-order valence-corrected chi connectivity index (χ4v) is 3.14. The van der Waals surface area contributed by atoms with Gasteiger partial charge in [-0.15, -0.1) is 0 Å². The molecule has 2 aromatic rings. The van der Waals surface area contributed by atoms with Gasteiger partial charge in [-0.2, -0.15) is 0 Å². The van der Waals surface area contributed by atoms with Crippen molar-refractivity contribution in [3.8, 4) is 5.75 Å². The lowest BCUT2D eigenvalue weighted by Gasteiger charge is -2.18. The van der Waals surface area contributed by atoms with Crippen molar-refractivity contribution in [1.82, 2.24) is 4.90 Å². The summed E-state index contributed by atoms with van der Waals surface area (Å²) in [6, 6.07) is 17.5. The third-order valence-electron chi connectivity index (χ3n) is 4.30. The Bertz CT molecular complexity index is 672. The van der Waals surface area contributed by atoms with Crippen LogP contribution in [-0.4, -0.2) is 36.5 Å². The smallest absolute Gasteiger partial charge is 0.257 e. The van der Waals surface area contributed by atoms with E-state index in [0.717, 1.165) is 0 Å². The van der Waals surface area contributed by atoms with E-state index in [1.54, 1.807) is 0 Å². The molecule has 0 bridgehead atoms. The maximum absolute atomic E-state index is 12.9. The second-order valence-corrected chi connectivity index (χ2v) is 5.82. The maximum Gasteiger partial charge on any atom is 0.257 e. The van der Waals surface area contributed by atoms with Crippen molar-refractivity contribution in [2.75, 3.05) is 19.7 Å². The number of carbonyl (C=O) groups excluding carboxylic acids is 1. The summed E-state index contributed by atoms with van der Waals surface area (Å²) < 4.78 is 5.58. The molecule has 1 heterocycles. The van der Waals surface area contributed by atoms with E-state index in [1.807, 2.05) is 54.3 Å². The zero-order chi connectivity index (χ0) is 16.2. The Kier molecular flexibility index (Phi) is 4.63. The lowest BCUT2D eigenvalue weighted by molar-refractivity contribution is 0.0785. The number of ether oxygens (including phenoxy) is 1. The van der Waals surface area contributed by atoms with E-state index in [0.29, 0.717) is 31.0 Å². The van der Waals surface area contributed by atoms with Crippen molar-refractivity contribution < 1.29 is 9.53 Å². The van der Waals surface area contributed by atoms with Crippen LogP contribution in [0.3, 0.4) is 0 Å². The van der Waals surface area contributed by atoms with Crippen LogP contribution >= 0.6 is 0 Å². The molecule has 2 N–H and O–H groups in total. The molecule has 3 rings (SSSR count). The first-order valence-electron chi connectivity index (χ1n) is 8.02. The number of nitrogens with zero attached hydrogens (tertiary/aromatic N) is 1. The summed E-state index contributed by atoms with van der Waals surface area (Å²) in [7, 11) is 0. The summed E-state index contributed by atoms with van der Waals surface area (Å²) in [6.45, 7) is 3.66. The average molecular weight is 310 g/mol. The molecule has 4 heteroatoms. The van der Waals surface area contributed by atoms with Crippen molar-refractivity contribution in [2.24, 2.45) is 5.73 Å². The lowest BCUT2D eigenvalue weighted by atomic mass is 9.95. The number of hydrogen-bond donors (Lipinski definition) is 1. The molecular weight excluding hydrogens is 288 g/mol. The van der Waals surface area contributed by atoms with Crippen LogP contribution in [0.1, 0.15) is 28.8 Å². The molecule has 0 spiro atoms. The van der Waals surface area contributed by atoms with E-state index in [9.17, 15) is 4.79 Å². The van der Waals surface area contributed by atoms with Gasteiger partial charge in [0.15, 0.2) is 0 Å². The van der Waals surface area contributed by atoms with E-state index >= 15 is 0 Å². The fraction of sp³-hybridized carbons (Fsp3) is 0.316. The van der Waals surface area contributed by atoms with Crippen molar-refractivity contribution in [1.29, 1.82) is 0 Å². The van der Waals surface area contributed by atoms with Gasteiger partial charge in [-0.1, -0.05) is 42.5 Å². The lowest BCUT2D eigenvalue weighted by Crippen LogP contribution is -2.32. The van der Waals surface area contributed by atoms with E-state index in [-0.39, 0.29) is 17.9 Å². The van der Waals surface area contributed by atoms with Crippen LogP contribution in [0.5, 0.6) is 5.75 Å².